The van der Waals surface area contributed by atoms with Crippen molar-refractivity contribution >= 4 is 0 Å². The Morgan fingerprint density at radius 3 is 3.00 bits per heavy atom. The molecular formula is C13H21N3O. The summed E-state index contributed by atoms with van der Waals surface area (Å²) in [5.41, 5.74) is 5.11. The zero-order chi connectivity index (χ0) is 12.5. The van der Waals surface area contributed by atoms with Crippen molar-refractivity contribution < 1.29 is 4.74 Å². The van der Waals surface area contributed by atoms with E-state index >= 15 is 0 Å². The first-order chi connectivity index (χ1) is 8.10. The Labute approximate surface area is 103 Å². The van der Waals surface area contributed by atoms with Crippen LogP contribution < -0.4 is 11.3 Å². The first-order valence-corrected chi connectivity index (χ1v) is 6.05. The van der Waals surface area contributed by atoms with Crippen molar-refractivity contribution in [2.45, 2.75) is 44.2 Å². The molecule has 0 amide bonds. The maximum absolute atomic E-state index is 5.71. The molecule has 4 nitrogen and oxygen atoms in total. The quantitative estimate of drug-likeness (QED) is 0.611. The van der Waals surface area contributed by atoms with E-state index in [-0.39, 0.29) is 11.6 Å². The highest BCUT2D eigenvalue weighted by Crippen LogP contribution is 2.37. The number of nitrogens with zero attached hydrogens (tertiary/aromatic N) is 1. The van der Waals surface area contributed by atoms with E-state index in [4.69, 9.17) is 10.6 Å². The summed E-state index contributed by atoms with van der Waals surface area (Å²) < 4.78 is 5.55. The molecule has 0 saturated carbocycles. The predicted octanol–water partition coefficient (Wildman–Crippen LogP) is 1.37. The molecule has 0 aliphatic heterocycles. The molecule has 2 unspecified atom stereocenters. The van der Waals surface area contributed by atoms with Crippen LogP contribution in [-0.2, 0) is 11.2 Å². The number of fused-ring (bicyclic) bond motifs is 1. The van der Waals surface area contributed by atoms with E-state index in [9.17, 15) is 0 Å². The summed E-state index contributed by atoms with van der Waals surface area (Å²) in [7, 11) is 1.72. The van der Waals surface area contributed by atoms with Crippen LogP contribution in [-0.4, -0.2) is 23.7 Å². The second-order valence-electron chi connectivity index (χ2n) is 5.14. The van der Waals surface area contributed by atoms with Crippen LogP contribution in [0.25, 0.3) is 0 Å². The minimum atomic E-state index is -0.307. The van der Waals surface area contributed by atoms with Gasteiger partial charge in [0.1, 0.15) is 0 Å². The third-order valence-corrected chi connectivity index (χ3v) is 3.86. The van der Waals surface area contributed by atoms with E-state index in [0.717, 1.165) is 12.8 Å². The Morgan fingerprint density at radius 1 is 1.59 bits per heavy atom. The molecule has 2 atom stereocenters. The summed E-state index contributed by atoms with van der Waals surface area (Å²) in [6.07, 6.45) is 4.00. The molecule has 17 heavy (non-hydrogen) atoms. The van der Waals surface area contributed by atoms with Gasteiger partial charge in [-0.2, -0.15) is 0 Å². The van der Waals surface area contributed by atoms with E-state index in [1.807, 2.05) is 12.3 Å². The Kier molecular flexibility index (Phi) is 3.47. The standard InChI is InChI=1S/C13H21N3O/c1-13(2,17-3)12(16-14)10-7-6-9-5-4-8-15-11(9)10/h4-5,8,10,12,16H,6-7,14H2,1-3H3. The second-order valence-corrected chi connectivity index (χ2v) is 5.14. The third-order valence-electron chi connectivity index (χ3n) is 3.86. The minimum absolute atomic E-state index is 0.0728. The SMILES string of the molecule is COC(C)(C)C(NN)C1CCc2cccnc21. The maximum atomic E-state index is 5.71. The van der Waals surface area contributed by atoms with Gasteiger partial charge in [-0.25, -0.2) is 0 Å². The molecule has 0 spiro atoms. The fourth-order valence-electron chi connectivity index (χ4n) is 2.70. The molecule has 0 fully saturated rings. The van der Waals surface area contributed by atoms with E-state index in [1.54, 1.807) is 7.11 Å². The van der Waals surface area contributed by atoms with Crippen molar-refractivity contribution in [1.29, 1.82) is 0 Å². The molecule has 1 heterocycles. The molecule has 0 radical (unpaired) electrons. The number of hydrogen-bond acceptors (Lipinski definition) is 4. The highest BCUT2D eigenvalue weighted by molar-refractivity contribution is 5.30. The number of aryl methyl sites for hydroxylation is 1. The number of hydrogen-bond donors (Lipinski definition) is 2. The molecule has 0 saturated heterocycles. The van der Waals surface area contributed by atoms with Crippen molar-refractivity contribution in [3.05, 3.63) is 29.6 Å². The fourth-order valence-corrected chi connectivity index (χ4v) is 2.70. The zero-order valence-corrected chi connectivity index (χ0v) is 10.7. The van der Waals surface area contributed by atoms with Crippen LogP contribution in [0, 0.1) is 0 Å². The maximum Gasteiger partial charge on any atom is 0.0795 e. The van der Waals surface area contributed by atoms with Gasteiger partial charge in [0, 0.05) is 24.9 Å². The second kappa shape index (κ2) is 4.72. The minimum Gasteiger partial charge on any atom is -0.377 e. The van der Waals surface area contributed by atoms with Crippen LogP contribution in [0.3, 0.4) is 0 Å². The number of nitrogens with one attached hydrogen (secondary N) is 1. The number of methoxy groups -OCH3 is 1. The average Bonchev–Trinajstić information content (AvgIpc) is 2.74. The Hall–Kier alpha value is -0.970. The first-order valence-electron chi connectivity index (χ1n) is 6.05. The van der Waals surface area contributed by atoms with Crippen LogP contribution in [0.5, 0.6) is 0 Å². The highest BCUT2D eigenvalue weighted by atomic mass is 16.5. The normalized spacial score (nSPS) is 21.3. The van der Waals surface area contributed by atoms with Gasteiger partial charge in [0.15, 0.2) is 0 Å². The van der Waals surface area contributed by atoms with Gasteiger partial charge in [0.05, 0.1) is 11.6 Å². The van der Waals surface area contributed by atoms with Crippen LogP contribution in [0.1, 0.15) is 37.4 Å². The van der Waals surface area contributed by atoms with E-state index < -0.39 is 0 Å². The monoisotopic (exact) mass is 235 g/mol. The number of rotatable bonds is 4. The molecule has 1 aromatic rings. The summed E-state index contributed by atoms with van der Waals surface area (Å²) in [4.78, 5) is 4.51. The number of nitrogens with two attached hydrogens (primary N) is 1. The lowest BCUT2D eigenvalue weighted by Crippen LogP contribution is -2.54. The third kappa shape index (κ3) is 2.20. The van der Waals surface area contributed by atoms with Crippen molar-refractivity contribution in [2.75, 3.05) is 7.11 Å². The number of pyridine rings is 1. The molecule has 2 rings (SSSR count). The van der Waals surface area contributed by atoms with Gasteiger partial charge in [-0.05, 0) is 38.3 Å². The zero-order valence-electron chi connectivity index (χ0n) is 10.7. The van der Waals surface area contributed by atoms with Gasteiger partial charge in [0.2, 0.25) is 0 Å². The topological polar surface area (TPSA) is 60.2 Å². The van der Waals surface area contributed by atoms with E-state index in [0.29, 0.717) is 5.92 Å². The molecule has 1 aliphatic rings. The van der Waals surface area contributed by atoms with E-state index in [1.165, 1.54) is 11.3 Å². The van der Waals surface area contributed by atoms with Crippen molar-refractivity contribution in [2.24, 2.45) is 5.84 Å². The molecule has 4 heteroatoms. The Bertz CT molecular complexity index is 392. The van der Waals surface area contributed by atoms with Crippen LogP contribution in [0.4, 0.5) is 0 Å². The smallest absolute Gasteiger partial charge is 0.0795 e. The molecule has 1 aliphatic carbocycles. The Morgan fingerprint density at radius 2 is 2.35 bits per heavy atom. The number of aromatic nitrogens is 1. The van der Waals surface area contributed by atoms with Gasteiger partial charge >= 0.3 is 0 Å². The molecule has 0 bridgehead atoms. The summed E-state index contributed by atoms with van der Waals surface area (Å²) in [6, 6.07) is 4.21. The predicted molar refractivity (Wildman–Crippen MR) is 67.5 cm³/mol. The fraction of sp³-hybridized carbons (Fsp3) is 0.615. The van der Waals surface area contributed by atoms with Gasteiger partial charge in [-0.1, -0.05) is 6.07 Å². The van der Waals surface area contributed by atoms with Crippen LogP contribution >= 0.6 is 0 Å². The average molecular weight is 235 g/mol. The van der Waals surface area contributed by atoms with Crippen molar-refractivity contribution in [1.82, 2.24) is 10.4 Å². The summed E-state index contributed by atoms with van der Waals surface area (Å²) in [5.74, 6) is 6.04. The summed E-state index contributed by atoms with van der Waals surface area (Å²) in [5, 5.41) is 0. The lowest BCUT2D eigenvalue weighted by Gasteiger charge is -2.36. The van der Waals surface area contributed by atoms with Crippen LogP contribution in [0.15, 0.2) is 18.3 Å². The van der Waals surface area contributed by atoms with Crippen molar-refractivity contribution in [3.63, 3.8) is 0 Å². The van der Waals surface area contributed by atoms with Crippen LogP contribution in [0.2, 0.25) is 0 Å². The van der Waals surface area contributed by atoms with Crippen molar-refractivity contribution in [3.8, 4) is 0 Å². The van der Waals surface area contributed by atoms with Gasteiger partial charge in [-0.15, -0.1) is 0 Å². The van der Waals surface area contributed by atoms with Gasteiger partial charge < -0.3 is 4.74 Å². The highest BCUT2D eigenvalue weighted by Gasteiger charge is 2.39. The molecule has 94 valence electrons. The summed E-state index contributed by atoms with van der Waals surface area (Å²) in [6.45, 7) is 4.11. The first kappa shape index (κ1) is 12.5. The van der Waals surface area contributed by atoms with Gasteiger partial charge in [0.25, 0.3) is 0 Å². The Balaban J connectivity index is 2.29. The van der Waals surface area contributed by atoms with E-state index in [2.05, 4.69) is 30.3 Å². The molecule has 0 aromatic carbocycles. The van der Waals surface area contributed by atoms with Gasteiger partial charge in [-0.3, -0.25) is 16.3 Å². The largest absolute Gasteiger partial charge is 0.377 e. The molecular weight excluding hydrogens is 214 g/mol. The lowest BCUT2D eigenvalue weighted by molar-refractivity contribution is -0.0184. The summed E-state index contributed by atoms with van der Waals surface area (Å²) >= 11 is 0. The molecule has 1 aromatic heterocycles. The number of hydrazine groups is 1. The number of ether oxygens (including phenoxy) is 1. The molecule has 3 N–H and O–H groups in total. The lowest BCUT2D eigenvalue weighted by atomic mass is 9.85.